The minimum atomic E-state index is -1.36. The van der Waals surface area contributed by atoms with Crippen molar-refractivity contribution < 1.29 is 29.5 Å². The van der Waals surface area contributed by atoms with Crippen LogP contribution in [0, 0.1) is 17.0 Å². The van der Waals surface area contributed by atoms with Crippen molar-refractivity contribution in [2.45, 2.75) is 6.92 Å². The van der Waals surface area contributed by atoms with Crippen molar-refractivity contribution in [3.8, 4) is 0 Å². The number of carbonyl (C=O) groups is 3. The molecule has 0 unspecified atom stereocenters. The third kappa shape index (κ3) is 3.96. The summed E-state index contributed by atoms with van der Waals surface area (Å²) >= 11 is 0. The lowest BCUT2D eigenvalue weighted by Gasteiger charge is -2.08. The van der Waals surface area contributed by atoms with Gasteiger partial charge in [-0.15, -0.1) is 0 Å². The zero-order valence-corrected chi connectivity index (χ0v) is 12.8. The van der Waals surface area contributed by atoms with Crippen LogP contribution in [0.4, 0.5) is 11.4 Å². The quantitative estimate of drug-likeness (QED) is 0.557. The van der Waals surface area contributed by atoms with Gasteiger partial charge in [0.25, 0.3) is 11.6 Å². The van der Waals surface area contributed by atoms with Gasteiger partial charge in [-0.1, -0.05) is 6.07 Å². The van der Waals surface area contributed by atoms with Crippen LogP contribution in [-0.4, -0.2) is 33.0 Å². The largest absolute Gasteiger partial charge is 0.478 e. The Labute approximate surface area is 140 Å². The molecule has 0 saturated carbocycles. The molecule has 2 rings (SSSR count). The maximum absolute atomic E-state index is 12.2. The number of anilines is 1. The van der Waals surface area contributed by atoms with Crippen molar-refractivity contribution in [3.63, 3.8) is 0 Å². The van der Waals surface area contributed by atoms with Gasteiger partial charge < -0.3 is 15.5 Å². The first-order valence-corrected chi connectivity index (χ1v) is 6.87. The standard InChI is InChI=1S/C16H12N2O7/c1-8-2-3-9(7-13(8)18(24)25)14(19)17-12-5-10(15(20)21)4-11(6-12)16(22)23/h2-7H,1H3,(H,17,19)(H,20,21)(H,22,23). The fraction of sp³-hybridized carbons (Fsp3) is 0.0625. The van der Waals surface area contributed by atoms with E-state index >= 15 is 0 Å². The van der Waals surface area contributed by atoms with E-state index in [4.69, 9.17) is 10.2 Å². The molecule has 0 heterocycles. The SMILES string of the molecule is Cc1ccc(C(=O)Nc2cc(C(=O)O)cc(C(=O)O)c2)cc1[N+](=O)[O-]. The van der Waals surface area contributed by atoms with Crippen LogP contribution in [0.25, 0.3) is 0 Å². The molecule has 0 spiro atoms. The third-order valence-corrected chi connectivity index (χ3v) is 3.35. The van der Waals surface area contributed by atoms with Crippen molar-refractivity contribution in [2.75, 3.05) is 5.32 Å². The number of hydrogen-bond donors (Lipinski definition) is 3. The van der Waals surface area contributed by atoms with E-state index in [1.807, 2.05) is 0 Å². The predicted molar refractivity (Wildman–Crippen MR) is 86.1 cm³/mol. The number of benzene rings is 2. The molecule has 0 bridgehead atoms. The molecule has 0 saturated heterocycles. The summed E-state index contributed by atoms with van der Waals surface area (Å²) in [7, 11) is 0. The first kappa shape index (κ1) is 17.6. The molecular weight excluding hydrogens is 332 g/mol. The van der Waals surface area contributed by atoms with E-state index in [0.717, 1.165) is 24.3 Å². The first-order valence-electron chi connectivity index (χ1n) is 6.87. The van der Waals surface area contributed by atoms with Crippen LogP contribution in [0.5, 0.6) is 0 Å². The van der Waals surface area contributed by atoms with Gasteiger partial charge in [0.2, 0.25) is 0 Å². The van der Waals surface area contributed by atoms with Crippen LogP contribution in [0.1, 0.15) is 36.6 Å². The van der Waals surface area contributed by atoms with Gasteiger partial charge >= 0.3 is 11.9 Å². The van der Waals surface area contributed by atoms with Crippen LogP contribution in [0.15, 0.2) is 36.4 Å². The molecule has 0 atom stereocenters. The molecule has 128 valence electrons. The van der Waals surface area contributed by atoms with Crippen LogP contribution < -0.4 is 5.32 Å². The fourth-order valence-corrected chi connectivity index (χ4v) is 2.10. The number of aryl methyl sites for hydroxylation is 1. The van der Waals surface area contributed by atoms with Crippen LogP contribution in [0.2, 0.25) is 0 Å². The molecular formula is C16H12N2O7. The normalized spacial score (nSPS) is 10.1. The van der Waals surface area contributed by atoms with Gasteiger partial charge in [0.1, 0.15) is 0 Å². The van der Waals surface area contributed by atoms with Gasteiger partial charge in [-0.2, -0.15) is 0 Å². The highest BCUT2D eigenvalue weighted by Crippen LogP contribution is 2.21. The van der Waals surface area contributed by atoms with Crippen LogP contribution >= 0.6 is 0 Å². The minimum Gasteiger partial charge on any atom is -0.478 e. The number of nitro groups is 1. The number of aromatic carboxylic acids is 2. The molecule has 3 N–H and O–H groups in total. The molecule has 1 amide bonds. The Morgan fingerprint density at radius 3 is 2.00 bits per heavy atom. The number of nitro benzene ring substituents is 1. The molecule has 2 aromatic carbocycles. The molecule has 0 aliphatic carbocycles. The number of carboxylic acid groups (broad SMARTS) is 2. The molecule has 9 nitrogen and oxygen atoms in total. The summed E-state index contributed by atoms with van der Waals surface area (Å²) in [5.41, 5.74) is -0.559. The Kier molecular flexibility index (Phi) is 4.78. The van der Waals surface area contributed by atoms with Crippen molar-refractivity contribution in [2.24, 2.45) is 0 Å². The molecule has 0 aliphatic rings. The molecule has 0 radical (unpaired) electrons. The second kappa shape index (κ2) is 6.79. The Morgan fingerprint density at radius 2 is 1.52 bits per heavy atom. The van der Waals surface area contributed by atoms with Gasteiger partial charge in [0.05, 0.1) is 16.1 Å². The fourth-order valence-electron chi connectivity index (χ4n) is 2.10. The van der Waals surface area contributed by atoms with Crippen molar-refractivity contribution in [1.29, 1.82) is 0 Å². The van der Waals surface area contributed by atoms with E-state index in [0.29, 0.717) is 5.56 Å². The monoisotopic (exact) mass is 344 g/mol. The lowest BCUT2D eigenvalue weighted by atomic mass is 10.1. The molecule has 2 aromatic rings. The zero-order chi connectivity index (χ0) is 18.7. The lowest BCUT2D eigenvalue weighted by molar-refractivity contribution is -0.385. The van der Waals surface area contributed by atoms with Gasteiger partial charge in [-0.05, 0) is 31.2 Å². The molecule has 0 aliphatic heterocycles. The van der Waals surface area contributed by atoms with Crippen molar-refractivity contribution in [3.05, 3.63) is 68.8 Å². The van der Waals surface area contributed by atoms with Gasteiger partial charge in [0, 0.05) is 22.9 Å². The zero-order valence-electron chi connectivity index (χ0n) is 12.8. The van der Waals surface area contributed by atoms with Crippen molar-refractivity contribution >= 4 is 29.2 Å². The Balaban J connectivity index is 2.37. The molecule has 0 fully saturated rings. The average molecular weight is 344 g/mol. The topological polar surface area (TPSA) is 147 Å². The number of rotatable bonds is 5. The van der Waals surface area contributed by atoms with E-state index in [1.54, 1.807) is 0 Å². The maximum atomic E-state index is 12.2. The Bertz CT molecular complexity index is 873. The second-order valence-corrected chi connectivity index (χ2v) is 5.12. The van der Waals surface area contributed by atoms with E-state index < -0.39 is 22.8 Å². The summed E-state index contributed by atoms with van der Waals surface area (Å²) in [6.07, 6.45) is 0. The van der Waals surface area contributed by atoms with Crippen molar-refractivity contribution in [1.82, 2.24) is 0 Å². The van der Waals surface area contributed by atoms with Crippen LogP contribution in [0.3, 0.4) is 0 Å². The number of amides is 1. The second-order valence-electron chi connectivity index (χ2n) is 5.12. The first-order chi connectivity index (χ1) is 11.7. The van der Waals surface area contributed by atoms with Gasteiger partial charge in [-0.3, -0.25) is 14.9 Å². The number of carboxylic acids is 2. The van der Waals surface area contributed by atoms with Gasteiger partial charge in [0.15, 0.2) is 0 Å². The highest BCUT2D eigenvalue weighted by atomic mass is 16.6. The number of hydrogen-bond acceptors (Lipinski definition) is 5. The van der Waals surface area contributed by atoms with E-state index in [-0.39, 0.29) is 28.1 Å². The molecule has 25 heavy (non-hydrogen) atoms. The minimum absolute atomic E-state index is 0.0186. The summed E-state index contributed by atoms with van der Waals surface area (Å²) in [6, 6.07) is 7.01. The Hall–Kier alpha value is -3.75. The van der Waals surface area contributed by atoms with Gasteiger partial charge in [-0.25, -0.2) is 9.59 Å². The van der Waals surface area contributed by atoms with E-state index in [1.165, 1.54) is 19.1 Å². The number of nitrogens with one attached hydrogen (secondary N) is 1. The summed E-state index contributed by atoms with van der Waals surface area (Å²) in [5.74, 6) is -3.45. The Morgan fingerprint density at radius 1 is 0.960 bits per heavy atom. The number of carbonyl (C=O) groups excluding carboxylic acids is 1. The smallest absolute Gasteiger partial charge is 0.335 e. The maximum Gasteiger partial charge on any atom is 0.335 e. The summed E-state index contributed by atoms with van der Waals surface area (Å²) in [5, 5.41) is 31.3. The molecule has 0 aromatic heterocycles. The highest BCUT2D eigenvalue weighted by molar-refractivity contribution is 6.06. The highest BCUT2D eigenvalue weighted by Gasteiger charge is 2.17. The molecule has 9 heteroatoms. The number of nitrogens with zero attached hydrogens (tertiary/aromatic N) is 1. The summed E-state index contributed by atoms with van der Waals surface area (Å²) in [6.45, 7) is 1.52. The lowest BCUT2D eigenvalue weighted by Crippen LogP contribution is -2.14. The average Bonchev–Trinajstić information content (AvgIpc) is 2.54. The third-order valence-electron chi connectivity index (χ3n) is 3.35. The summed E-state index contributed by atoms with van der Waals surface area (Å²) in [4.78, 5) is 44.7. The van der Waals surface area contributed by atoms with E-state index in [2.05, 4.69) is 5.32 Å². The van der Waals surface area contributed by atoms with Crippen LogP contribution in [-0.2, 0) is 0 Å². The predicted octanol–water partition coefficient (Wildman–Crippen LogP) is 2.55. The summed E-state index contributed by atoms with van der Waals surface area (Å²) < 4.78 is 0. The van der Waals surface area contributed by atoms with E-state index in [9.17, 15) is 24.5 Å².